The van der Waals surface area contributed by atoms with Crippen molar-refractivity contribution in [1.82, 2.24) is 9.55 Å². The summed E-state index contributed by atoms with van der Waals surface area (Å²) in [6.45, 7) is 4.88. The average Bonchev–Trinajstić information content (AvgIpc) is 2.61. The van der Waals surface area contributed by atoms with Gasteiger partial charge in [0.25, 0.3) is 0 Å². The summed E-state index contributed by atoms with van der Waals surface area (Å²) in [5.41, 5.74) is 2.05. The van der Waals surface area contributed by atoms with Crippen molar-refractivity contribution < 1.29 is 0 Å². The minimum absolute atomic E-state index is 0.741. The monoisotopic (exact) mass is 235 g/mol. The molecule has 0 aliphatic carbocycles. The fraction of sp³-hybridized carbons (Fsp3) is 0.250. The molecule has 0 spiro atoms. The number of hydrogen-bond donors (Lipinski definition) is 1. The van der Waals surface area contributed by atoms with E-state index in [1.54, 1.807) is 0 Å². The summed E-state index contributed by atoms with van der Waals surface area (Å²) < 4.78 is 2.02. The molecule has 0 saturated carbocycles. The minimum atomic E-state index is 0.741. The number of nitrogens with one attached hydrogen (secondary N) is 1. The van der Waals surface area contributed by atoms with Gasteiger partial charge in [0.05, 0.1) is 5.69 Å². The SMILES string of the molecule is CCNc1nc(C)cn1-c1ccc(Cl)cc1. The predicted molar refractivity (Wildman–Crippen MR) is 67.5 cm³/mol. The lowest BCUT2D eigenvalue weighted by molar-refractivity contribution is 1.02. The highest BCUT2D eigenvalue weighted by Crippen LogP contribution is 2.18. The molecule has 84 valence electrons. The molecule has 0 aliphatic heterocycles. The molecule has 0 saturated heterocycles. The molecule has 0 bridgehead atoms. The third kappa shape index (κ3) is 2.19. The van der Waals surface area contributed by atoms with E-state index >= 15 is 0 Å². The van der Waals surface area contributed by atoms with Crippen molar-refractivity contribution in [3.8, 4) is 5.69 Å². The van der Waals surface area contributed by atoms with Crippen LogP contribution < -0.4 is 5.32 Å². The van der Waals surface area contributed by atoms with Crippen molar-refractivity contribution in [3.63, 3.8) is 0 Å². The van der Waals surface area contributed by atoms with Crippen LogP contribution in [-0.4, -0.2) is 16.1 Å². The van der Waals surface area contributed by atoms with Crippen molar-refractivity contribution in [2.75, 3.05) is 11.9 Å². The number of benzene rings is 1. The maximum absolute atomic E-state index is 5.86. The Labute approximate surface area is 100 Å². The van der Waals surface area contributed by atoms with E-state index < -0.39 is 0 Å². The van der Waals surface area contributed by atoms with Crippen LogP contribution in [0.3, 0.4) is 0 Å². The number of halogens is 1. The molecule has 16 heavy (non-hydrogen) atoms. The highest BCUT2D eigenvalue weighted by molar-refractivity contribution is 6.30. The van der Waals surface area contributed by atoms with E-state index in [0.717, 1.165) is 28.9 Å². The number of aryl methyl sites for hydroxylation is 1. The molecule has 2 rings (SSSR count). The third-order valence-electron chi connectivity index (χ3n) is 2.27. The molecule has 0 atom stereocenters. The van der Waals surface area contributed by atoms with Gasteiger partial charge in [-0.25, -0.2) is 4.98 Å². The Balaban J connectivity index is 2.42. The van der Waals surface area contributed by atoms with E-state index in [1.165, 1.54) is 0 Å². The van der Waals surface area contributed by atoms with Gasteiger partial charge in [-0.3, -0.25) is 4.57 Å². The minimum Gasteiger partial charge on any atom is -0.356 e. The van der Waals surface area contributed by atoms with E-state index in [1.807, 2.05) is 42.0 Å². The lowest BCUT2D eigenvalue weighted by Crippen LogP contribution is -2.04. The molecule has 1 aromatic carbocycles. The van der Waals surface area contributed by atoms with Crippen LogP contribution in [0.1, 0.15) is 12.6 Å². The number of aromatic nitrogens is 2. The zero-order chi connectivity index (χ0) is 11.5. The van der Waals surface area contributed by atoms with E-state index in [2.05, 4.69) is 17.2 Å². The molecule has 3 nitrogen and oxygen atoms in total. The van der Waals surface area contributed by atoms with Crippen LogP contribution in [0.2, 0.25) is 5.02 Å². The Hall–Kier alpha value is -1.48. The zero-order valence-corrected chi connectivity index (χ0v) is 10.1. The van der Waals surface area contributed by atoms with Gasteiger partial charge in [0.15, 0.2) is 0 Å². The summed E-state index contributed by atoms with van der Waals surface area (Å²) in [6.07, 6.45) is 2.00. The molecule has 2 aromatic rings. The lowest BCUT2D eigenvalue weighted by Gasteiger charge is -2.07. The first-order valence-electron chi connectivity index (χ1n) is 5.26. The summed E-state index contributed by atoms with van der Waals surface area (Å²) in [5, 5.41) is 3.97. The second kappa shape index (κ2) is 4.58. The van der Waals surface area contributed by atoms with Crippen molar-refractivity contribution in [1.29, 1.82) is 0 Å². The quantitative estimate of drug-likeness (QED) is 0.885. The van der Waals surface area contributed by atoms with Gasteiger partial charge in [0.1, 0.15) is 0 Å². The first-order valence-corrected chi connectivity index (χ1v) is 5.64. The Morgan fingerprint density at radius 1 is 1.31 bits per heavy atom. The second-order valence-electron chi connectivity index (χ2n) is 3.58. The van der Waals surface area contributed by atoms with Crippen LogP contribution in [0.4, 0.5) is 5.95 Å². The number of nitrogens with zero attached hydrogens (tertiary/aromatic N) is 2. The summed E-state index contributed by atoms with van der Waals surface area (Å²) in [7, 11) is 0. The number of rotatable bonds is 3. The van der Waals surface area contributed by atoms with Crippen molar-refractivity contribution in [2.45, 2.75) is 13.8 Å². The van der Waals surface area contributed by atoms with Gasteiger partial charge in [-0.05, 0) is 38.1 Å². The Morgan fingerprint density at radius 2 is 2.00 bits per heavy atom. The lowest BCUT2D eigenvalue weighted by atomic mass is 10.3. The van der Waals surface area contributed by atoms with E-state index in [4.69, 9.17) is 11.6 Å². The molecular formula is C12H14ClN3. The summed E-state index contributed by atoms with van der Waals surface area (Å²) in [5.74, 6) is 0.863. The molecule has 1 aromatic heterocycles. The molecule has 4 heteroatoms. The van der Waals surface area contributed by atoms with Gasteiger partial charge in [0, 0.05) is 23.5 Å². The smallest absolute Gasteiger partial charge is 0.207 e. The van der Waals surface area contributed by atoms with Gasteiger partial charge in [-0.1, -0.05) is 11.6 Å². The summed E-state index contributed by atoms with van der Waals surface area (Å²) >= 11 is 5.86. The highest BCUT2D eigenvalue weighted by atomic mass is 35.5. The van der Waals surface area contributed by atoms with Crippen molar-refractivity contribution in [3.05, 3.63) is 41.2 Å². The Kier molecular flexibility index (Phi) is 3.15. The highest BCUT2D eigenvalue weighted by Gasteiger charge is 2.05. The molecule has 0 aliphatic rings. The van der Waals surface area contributed by atoms with Crippen LogP contribution >= 0.6 is 11.6 Å². The fourth-order valence-electron chi connectivity index (χ4n) is 1.58. The predicted octanol–water partition coefficient (Wildman–Crippen LogP) is 3.27. The van der Waals surface area contributed by atoms with Crippen LogP contribution in [0.5, 0.6) is 0 Å². The van der Waals surface area contributed by atoms with Crippen LogP contribution in [0.15, 0.2) is 30.5 Å². The fourth-order valence-corrected chi connectivity index (χ4v) is 1.71. The maximum atomic E-state index is 5.86. The largest absolute Gasteiger partial charge is 0.356 e. The van der Waals surface area contributed by atoms with Crippen LogP contribution in [-0.2, 0) is 0 Å². The molecule has 0 unspecified atom stereocenters. The van der Waals surface area contributed by atoms with Crippen LogP contribution in [0, 0.1) is 6.92 Å². The molecular weight excluding hydrogens is 222 g/mol. The first-order chi connectivity index (χ1) is 7.70. The number of anilines is 1. The van der Waals surface area contributed by atoms with Gasteiger partial charge >= 0.3 is 0 Å². The van der Waals surface area contributed by atoms with Gasteiger partial charge in [0.2, 0.25) is 5.95 Å². The normalized spacial score (nSPS) is 10.4. The molecule has 0 radical (unpaired) electrons. The number of hydrogen-bond acceptors (Lipinski definition) is 2. The topological polar surface area (TPSA) is 29.9 Å². The van der Waals surface area contributed by atoms with Gasteiger partial charge < -0.3 is 5.32 Å². The molecule has 0 fully saturated rings. The second-order valence-corrected chi connectivity index (χ2v) is 4.02. The molecule has 1 heterocycles. The number of imidazole rings is 1. The maximum Gasteiger partial charge on any atom is 0.207 e. The van der Waals surface area contributed by atoms with E-state index in [0.29, 0.717) is 0 Å². The average molecular weight is 236 g/mol. The Bertz CT molecular complexity index is 474. The zero-order valence-electron chi connectivity index (χ0n) is 9.37. The molecule has 0 amide bonds. The Morgan fingerprint density at radius 3 is 2.62 bits per heavy atom. The van der Waals surface area contributed by atoms with Crippen molar-refractivity contribution in [2.24, 2.45) is 0 Å². The third-order valence-corrected chi connectivity index (χ3v) is 2.52. The standard InChI is InChI=1S/C12H14ClN3/c1-3-14-12-15-9(2)8-16(12)11-6-4-10(13)5-7-11/h4-8H,3H2,1-2H3,(H,14,15). The van der Waals surface area contributed by atoms with E-state index in [-0.39, 0.29) is 0 Å². The first kappa shape index (κ1) is 11.0. The van der Waals surface area contributed by atoms with E-state index in [9.17, 15) is 0 Å². The van der Waals surface area contributed by atoms with Gasteiger partial charge in [-0.15, -0.1) is 0 Å². The van der Waals surface area contributed by atoms with Crippen molar-refractivity contribution >= 4 is 17.5 Å². The summed E-state index contributed by atoms with van der Waals surface area (Å²) in [6, 6.07) is 7.71. The summed E-state index contributed by atoms with van der Waals surface area (Å²) in [4.78, 5) is 4.42. The molecule has 1 N–H and O–H groups in total. The van der Waals surface area contributed by atoms with Gasteiger partial charge in [-0.2, -0.15) is 0 Å². The van der Waals surface area contributed by atoms with Crippen LogP contribution in [0.25, 0.3) is 5.69 Å².